The Hall–Kier alpha value is -2.14. The Labute approximate surface area is 120 Å². The molecule has 0 aliphatic heterocycles. The fourth-order valence-electron chi connectivity index (χ4n) is 1.80. The molecule has 0 spiro atoms. The standard InChI is InChI=1S/C14H14ClN3O2/c1-2-8-16-12(19)7-6-11-17-13-9(14(20)18-11)4-3-5-10(13)15/h2-5H,1,6-8H2,(H,16,19)(H,17,18,20). The van der Waals surface area contributed by atoms with Crippen LogP contribution in [-0.2, 0) is 11.2 Å². The molecule has 2 aromatic rings. The zero-order valence-electron chi connectivity index (χ0n) is 10.8. The molecular formula is C14H14ClN3O2. The van der Waals surface area contributed by atoms with E-state index in [2.05, 4.69) is 21.9 Å². The van der Waals surface area contributed by atoms with E-state index in [-0.39, 0.29) is 17.9 Å². The van der Waals surface area contributed by atoms with E-state index in [4.69, 9.17) is 11.6 Å². The molecule has 0 atom stereocenters. The molecule has 6 heteroatoms. The molecule has 0 bridgehead atoms. The van der Waals surface area contributed by atoms with Crippen LogP contribution in [-0.4, -0.2) is 22.4 Å². The molecule has 104 valence electrons. The number of benzene rings is 1. The lowest BCUT2D eigenvalue weighted by molar-refractivity contribution is -0.120. The van der Waals surface area contributed by atoms with Gasteiger partial charge >= 0.3 is 0 Å². The van der Waals surface area contributed by atoms with Crippen LogP contribution in [0.3, 0.4) is 0 Å². The zero-order chi connectivity index (χ0) is 14.5. The second-order valence-corrected chi connectivity index (χ2v) is 4.65. The molecule has 0 unspecified atom stereocenters. The van der Waals surface area contributed by atoms with Gasteiger partial charge in [-0.05, 0) is 12.1 Å². The van der Waals surface area contributed by atoms with Gasteiger partial charge in [0, 0.05) is 19.4 Å². The van der Waals surface area contributed by atoms with Gasteiger partial charge in [-0.15, -0.1) is 6.58 Å². The molecule has 0 saturated heterocycles. The van der Waals surface area contributed by atoms with Crippen molar-refractivity contribution in [2.24, 2.45) is 0 Å². The first-order valence-electron chi connectivity index (χ1n) is 6.17. The summed E-state index contributed by atoms with van der Waals surface area (Å²) in [5.74, 6) is 0.330. The topological polar surface area (TPSA) is 74.8 Å². The summed E-state index contributed by atoms with van der Waals surface area (Å²) in [5.41, 5.74) is 0.207. The lowest BCUT2D eigenvalue weighted by Gasteiger charge is -2.04. The molecule has 2 N–H and O–H groups in total. The van der Waals surface area contributed by atoms with Crippen molar-refractivity contribution in [3.63, 3.8) is 0 Å². The minimum atomic E-state index is -0.251. The van der Waals surface area contributed by atoms with E-state index >= 15 is 0 Å². The first-order valence-corrected chi connectivity index (χ1v) is 6.54. The summed E-state index contributed by atoms with van der Waals surface area (Å²) in [6, 6.07) is 5.04. The SMILES string of the molecule is C=CCNC(=O)CCc1nc2c(Cl)cccc2c(=O)[nH]1. The van der Waals surface area contributed by atoms with Gasteiger partial charge in [0.2, 0.25) is 5.91 Å². The van der Waals surface area contributed by atoms with Gasteiger partial charge in [0.15, 0.2) is 0 Å². The second-order valence-electron chi connectivity index (χ2n) is 4.24. The van der Waals surface area contributed by atoms with Gasteiger partial charge in [-0.25, -0.2) is 4.98 Å². The van der Waals surface area contributed by atoms with Crippen molar-refractivity contribution < 1.29 is 4.79 Å². The molecule has 20 heavy (non-hydrogen) atoms. The van der Waals surface area contributed by atoms with Crippen LogP contribution < -0.4 is 10.9 Å². The first-order chi connectivity index (χ1) is 9.61. The third kappa shape index (κ3) is 3.24. The average Bonchev–Trinajstić information content (AvgIpc) is 2.44. The third-order valence-electron chi connectivity index (χ3n) is 2.77. The molecule has 1 amide bonds. The van der Waals surface area contributed by atoms with Crippen LogP contribution in [0.5, 0.6) is 0 Å². The van der Waals surface area contributed by atoms with Crippen LogP contribution in [0, 0.1) is 0 Å². The predicted octanol–water partition coefficient (Wildman–Crippen LogP) is 1.81. The minimum Gasteiger partial charge on any atom is -0.353 e. The average molecular weight is 292 g/mol. The summed E-state index contributed by atoms with van der Waals surface area (Å²) in [6.07, 6.45) is 2.19. The van der Waals surface area contributed by atoms with Crippen molar-refractivity contribution in [2.45, 2.75) is 12.8 Å². The third-order valence-corrected chi connectivity index (χ3v) is 3.07. The van der Waals surface area contributed by atoms with Crippen molar-refractivity contribution in [1.82, 2.24) is 15.3 Å². The van der Waals surface area contributed by atoms with Gasteiger partial charge < -0.3 is 10.3 Å². The smallest absolute Gasteiger partial charge is 0.258 e. The summed E-state index contributed by atoms with van der Waals surface area (Å²) in [6.45, 7) is 3.94. The highest BCUT2D eigenvalue weighted by atomic mass is 35.5. The van der Waals surface area contributed by atoms with Crippen LogP contribution in [0.4, 0.5) is 0 Å². The van der Waals surface area contributed by atoms with E-state index in [1.54, 1.807) is 24.3 Å². The first kappa shape index (κ1) is 14.3. The predicted molar refractivity (Wildman–Crippen MR) is 78.9 cm³/mol. The maximum Gasteiger partial charge on any atom is 0.258 e. The Bertz CT molecular complexity index is 709. The van der Waals surface area contributed by atoms with Crippen molar-refractivity contribution >= 4 is 28.4 Å². The lowest BCUT2D eigenvalue weighted by atomic mass is 10.2. The summed E-state index contributed by atoms with van der Waals surface area (Å²) in [7, 11) is 0. The fraction of sp³-hybridized carbons (Fsp3) is 0.214. The number of rotatable bonds is 5. The molecule has 1 aromatic heterocycles. The van der Waals surface area contributed by atoms with Gasteiger partial charge in [0.1, 0.15) is 5.82 Å². The van der Waals surface area contributed by atoms with E-state index in [0.29, 0.717) is 34.7 Å². The van der Waals surface area contributed by atoms with E-state index in [9.17, 15) is 9.59 Å². The van der Waals surface area contributed by atoms with Gasteiger partial charge in [-0.1, -0.05) is 23.7 Å². The Morgan fingerprint density at radius 1 is 1.50 bits per heavy atom. The number of fused-ring (bicyclic) bond motifs is 1. The Morgan fingerprint density at radius 3 is 3.05 bits per heavy atom. The monoisotopic (exact) mass is 291 g/mol. The summed E-state index contributed by atoms with van der Waals surface area (Å²) >= 11 is 6.03. The van der Waals surface area contributed by atoms with E-state index in [1.807, 2.05) is 0 Å². The highest BCUT2D eigenvalue weighted by molar-refractivity contribution is 6.34. The van der Waals surface area contributed by atoms with Gasteiger partial charge in [-0.2, -0.15) is 0 Å². The molecule has 0 saturated carbocycles. The number of aromatic nitrogens is 2. The summed E-state index contributed by atoms with van der Waals surface area (Å²) < 4.78 is 0. The maximum atomic E-state index is 11.9. The Kier molecular flexibility index (Phi) is 4.53. The summed E-state index contributed by atoms with van der Waals surface area (Å²) in [4.78, 5) is 30.4. The molecule has 2 rings (SSSR count). The van der Waals surface area contributed by atoms with Crippen molar-refractivity contribution in [3.8, 4) is 0 Å². The normalized spacial score (nSPS) is 10.4. The highest BCUT2D eigenvalue weighted by Crippen LogP contribution is 2.18. The quantitative estimate of drug-likeness (QED) is 0.825. The van der Waals surface area contributed by atoms with Crippen LogP contribution in [0.25, 0.3) is 10.9 Å². The molecule has 0 aliphatic carbocycles. The molecule has 1 aromatic carbocycles. The van der Waals surface area contributed by atoms with Gasteiger partial charge in [-0.3, -0.25) is 9.59 Å². The van der Waals surface area contributed by atoms with Crippen LogP contribution in [0.15, 0.2) is 35.6 Å². The highest BCUT2D eigenvalue weighted by Gasteiger charge is 2.08. The second kappa shape index (κ2) is 6.34. The lowest BCUT2D eigenvalue weighted by Crippen LogP contribution is -2.24. The molecule has 0 fully saturated rings. The van der Waals surface area contributed by atoms with E-state index in [1.165, 1.54) is 0 Å². The van der Waals surface area contributed by atoms with E-state index in [0.717, 1.165) is 0 Å². The number of aryl methyl sites for hydroxylation is 1. The number of aromatic amines is 1. The van der Waals surface area contributed by atoms with Gasteiger partial charge in [0.05, 0.1) is 15.9 Å². The number of hydrogen-bond acceptors (Lipinski definition) is 3. The van der Waals surface area contributed by atoms with Crippen molar-refractivity contribution in [1.29, 1.82) is 0 Å². The van der Waals surface area contributed by atoms with E-state index < -0.39 is 0 Å². The number of carbonyl (C=O) groups is 1. The molecular weight excluding hydrogens is 278 g/mol. The number of nitrogens with zero attached hydrogens (tertiary/aromatic N) is 1. The fourth-order valence-corrected chi connectivity index (χ4v) is 2.02. The van der Waals surface area contributed by atoms with Crippen LogP contribution in [0.2, 0.25) is 5.02 Å². The number of nitrogens with one attached hydrogen (secondary N) is 2. The van der Waals surface area contributed by atoms with Crippen molar-refractivity contribution in [2.75, 3.05) is 6.54 Å². The number of carbonyl (C=O) groups excluding carboxylic acids is 1. The number of H-pyrrole nitrogens is 1. The number of hydrogen-bond donors (Lipinski definition) is 2. The van der Waals surface area contributed by atoms with Crippen LogP contribution >= 0.6 is 11.6 Å². The molecule has 0 radical (unpaired) electrons. The molecule has 0 aliphatic rings. The van der Waals surface area contributed by atoms with Crippen molar-refractivity contribution in [3.05, 3.63) is 52.1 Å². The minimum absolute atomic E-state index is 0.119. The maximum absolute atomic E-state index is 11.9. The number of para-hydroxylation sites is 1. The largest absolute Gasteiger partial charge is 0.353 e. The number of halogens is 1. The zero-order valence-corrected chi connectivity index (χ0v) is 11.5. The summed E-state index contributed by atoms with van der Waals surface area (Å²) in [5, 5.41) is 3.53. The van der Waals surface area contributed by atoms with Crippen LogP contribution in [0.1, 0.15) is 12.2 Å². The van der Waals surface area contributed by atoms with Gasteiger partial charge in [0.25, 0.3) is 5.56 Å². The molecule has 5 nitrogen and oxygen atoms in total. The Balaban J connectivity index is 2.19. The Morgan fingerprint density at radius 2 is 2.30 bits per heavy atom. The molecule has 1 heterocycles. The number of amides is 1.